The van der Waals surface area contributed by atoms with Crippen molar-refractivity contribution in [2.45, 2.75) is 19.3 Å². The summed E-state index contributed by atoms with van der Waals surface area (Å²) in [6.07, 6.45) is 4.50. The number of unbranched alkanes of at least 4 members (excludes halogenated alkanes) is 1. The van der Waals surface area contributed by atoms with Crippen molar-refractivity contribution in [3.8, 4) is 0 Å². The molecule has 0 bridgehead atoms. The van der Waals surface area contributed by atoms with Crippen LogP contribution in [0.5, 0.6) is 0 Å². The third kappa shape index (κ3) is 3.98. The van der Waals surface area contributed by atoms with Crippen LogP contribution >= 0.6 is 0 Å². The summed E-state index contributed by atoms with van der Waals surface area (Å²) in [5.41, 5.74) is 1.71. The number of aromatic nitrogens is 5. The zero-order chi connectivity index (χ0) is 22.1. The van der Waals surface area contributed by atoms with Crippen molar-refractivity contribution in [3.05, 3.63) is 58.8 Å². The largest absolute Gasteiger partial charge is 0.354 e. The number of para-hydroxylation sites is 1. The lowest BCUT2D eigenvalue weighted by Gasteiger charge is -2.35. The normalized spacial score (nSPS) is 15.1. The van der Waals surface area contributed by atoms with E-state index in [2.05, 4.69) is 50.2 Å². The highest BCUT2D eigenvalue weighted by Crippen LogP contribution is 2.19. The van der Waals surface area contributed by atoms with E-state index in [1.165, 1.54) is 5.39 Å². The summed E-state index contributed by atoms with van der Waals surface area (Å²) in [7, 11) is 3.63. The molecule has 166 valence electrons. The summed E-state index contributed by atoms with van der Waals surface area (Å²) < 4.78 is 3.34. The zero-order valence-electron chi connectivity index (χ0n) is 18.7. The molecule has 0 spiro atoms. The minimum Gasteiger partial charge on any atom is -0.354 e. The highest BCUT2D eigenvalue weighted by molar-refractivity contribution is 5.80. The first-order valence-corrected chi connectivity index (χ1v) is 11.3. The maximum absolute atomic E-state index is 12.5. The van der Waals surface area contributed by atoms with Gasteiger partial charge in [0.15, 0.2) is 5.65 Å². The fraction of sp³-hybridized carbons (Fsp3) is 0.417. The van der Waals surface area contributed by atoms with E-state index in [9.17, 15) is 4.79 Å². The predicted octanol–water partition coefficient (Wildman–Crippen LogP) is 2.36. The Balaban J connectivity index is 1.12. The molecule has 0 amide bonds. The Morgan fingerprint density at radius 3 is 2.59 bits per heavy atom. The molecule has 5 rings (SSSR count). The number of nitrogens with zero attached hydrogens (tertiary/aromatic N) is 7. The molecule has 1 aliphatic heterocycles. The third-order valence-corrected chi connectivity index (χ3v) is 6.47. The molecule has 0 saturated carbocycles. The lowest BCUT2D eigenvalue weighted by Crippen LogP contribution is -2.46. The lowest BCUT2D eigenvalue weighted by molar-refractivity contribution is 0.252. The van der Waals surface area contributed by atoms with Crippen LogP contribution in [0.4, 0.5) is 5.82 Å². The van der Waals surface area contributed by atoms with Gasteiger partial charge in [-0.2, -0.15) is 5.10 Å². The minimum atomic E-state index is -0.0171. The number of aryl methyl sites for hydroxylation is 2. The van der Waals surface area contributed by atoms with E-state index >= 15 is 0 Å². The van der Waals surface area contributed by atoms with Crippen molar-refractivity contribution >= 4 is 27.8 Å². The number of fused-ring (bicyclic) bond motifs is 2. The van der Waals surface area contributed by atoms with Gasteiger partial charge in [0.1, 0.15) is 17.0 Å². The van der Waals surface area contributed by atoms with Gasteiger partial charge in [-0.25, -0.2) is 9.97 Å². The zero-order valence-corrected chi connectivity index (χ0v) is 18.7. The number of rotatable bonds is 6. The monoisotopic (exact) mass is 431 g/mol. The molecule has 1 fully saturated rings. The van der Waals surface area contributed by atoms with Crippen molar-refractivity contribution in [1.29, 1.82) is 0 Å². The summed E-state index contributed by atoms with van der Waals surface area (Å²) in [4.78, 5) is 26.9. The molecular formula is C24H29N7O. The van der Waals surface area contributed by atoms with Crippen LogP contribution in [0.25, 0.3) is 21.9 Å². The molecule has 0 radical (unpaired) electrons. The predicted molar refractivity (Wildman–Crippen MR) is 127 cm³/mol. The summed E-state index contributed by atoms with van der Waals surface area (Å²) in [5.74, 6) is 1.90. The first-order chi connectivity index (χ1) is 15.6. The van der Waals surface area contributed by atoms with Gasteiger partial charge < -0.3 is 4.90 Å². The molecule has 4 heterocycles. The average Bonchev–Trinajstić information content (AvgIpc) is 3.20. The second kappa shape index (κ2) is 8.70. The quantitative estimate of drug-likeness (QED) is 0.437. The number of anilines is 1. The lowest BCUT2D eigenvalue weighted by atomic mass is 10.2. The molecular weight excluding hydrogens is 402 g/mol. The minimum absolute atomic E-state index is 0.0171. The smallest absolute Gasteiger partial charge is 0.264 e. The van der Waals surface area contributed by atoms with Crippen LogP contribution in [0.15, 0.2) is 47.4 Å². The molecule has 1 aromatic carbocycles. The Labute approximate surface area is 187 Å². The molecule has 1 aliphatic rings. The van der Waals surface area contributed by atoms with Crippen molar-refractivity contribution < 1.29 is 0 Å². The van der Waals surface area contributed by atoms with E-state index in [0.717, 1.165) is 69.1 Å². The number of hydrogen-bond donors (Lipinski definition) is 0. The van der Waals surface area contributed by atoms with Crippen LogP contribution in [-0.2, 0) is 20.5 Å². The SMILES string of the molecule is Cn1c(CCCCN2CCN(c3ccc4ccccc4n3)CC2)nc2c(cnn2C)c1=O. The highest BCUT2D eigenvalue weighted by atomic mass is 16.1. The van der Waals surface area contributed by atoms with Crippen LogP contribution in [0.2, 0.25) is 0 Å². The van der Waals surface area contributed by atoms with Gasteiger partial charge in [0.2, 0.25) is 0 Å². The van der Waals surface area contributed by atoms with E-state index in [0.29, 0.717) is 11.0 Å². The van der Waals surface area contributed by atoms with E-state index in [-0.39, 0.29) is 5.56 Å². The summed E-state index contributed by atoms with van der Waals surface area (Å²) >= 11 is 0. The van der Waals surface area contributed by atoms with Gasteiger partial charge >= 0.3 is 0 Å². The summed E-state index contributed by atoms with van der Waals surface area (Å²) in [6.45, 7) is 5.16. The van der Waals surface area contributed by atoms with Crippen LogP contribution in [0.1, 0.15) is 18.7 Å². The Morgan fingerprint density at radius 2 is 1.75 bits per heavy atom. The van der Waals surface area contributed by atoms with Gasteiger partial charge in [0, 0.05) is 52.1 Å². The molecule has 8 heteroatoms. The molecule has 0 unspecified atom stereocenters. The van der Waals surface area contributed by atoms with Gasteiger partial charge in [-0.3, -0.25) is 18.9 Å². The molecule has 0 aliphatic carbocycles. The Hall–Kier alpha value is -3.26. The number of hydrogen-bond acceptors (Lipinski definition) is 6. The Bertz CT molecular complexity index is 1300. The summed E-state index contributed by atoms with van der Waals surface area (Å²) in [6, 6.07) is 12.6. The second-order valence-electron chi connectivity index (χ2n) is 8.55. The van der Waals surface area contributed by atoms with E-state index in [1.807, 2.05) is 13.1 Å². The van der Waals surface area contributed by atoms with Gasteiger partial charge in [-0.05, 0) is 37.6 Å². The van der Waals surface area contributed by atoms with Crippen molar-refractivity contribution in [1.82, 2.24) is 29.2 Å². The van der Waals surface area contributed by atoms with Gasteiger partial charge in [-0.1, -0.05) is 18.2 Å². The fourth-order valence-electron chi connectivity index (χ4n) is 4.48. The van der Waals surface area contributed by atoms with Crippen LogP contribution < -0.4 is 10.5 Å². The first kappa shape index (κ1) is 20.6. The van der Waals surface area contributed by atoms with Crippen molar-refractivity contribution in [2.75, 3.05) is 37.6 Å². The first-order valence-electron chi connectivity index (χ1n) is 11.3. The standard InChI is InChI=1S/C24H29N7O/c1-28-21(27-23-19(24(28)32)17-25-29(23)2)9-5-6-12-30-13-15-31(16-14-30)22-11-10-18-7-3-4-8-20(18)26-22/h3-4,7-8,10-11,17H,5-6,9,12-16H2,1-2H3. The van der Waals surface area contributed by atoms with E-state index in [4.69, 9.17) is 4.98 Å². The van der Waals surface area contributed by atoms with Crippen LogP contribution in [0, 0.1) is 0 Å². The Morgan fingerprint density at radius 1 is 0.938 bits per heavy atom. The number of piperazine rings is 1. The summed E-state index contributed by atoms with van der Waals surface area (Å²) in [5, 5.41) is 5.93. The molecule has 0 atom stereocenters. The van der Waals surface area contributed by atoms with Crippen LogP contribution in [0.3, 0.4) is 0 Å². The van der Waals surface area contributed by atoms with Gasteiger partial charge in [-0.15, -0.1) is 0 Å². The van der Waals surface area contributed by atoms with E-state index < -0.39 is 0 Å². The molecule has 32 heavy (non-hydrogen) atoms. The Kier molecular flexibility index (Phi) is 5.61. The van der Waals surface area contributed by atoms with Gasteiger partial charge in [0.25, 0.3) is 5.56 Å². The molecule has 3 aromatic heterocycles. The van der Waals surface area contributed by atoms with Crippen LogP contribution in [-0.4, -0.2) is 61.9 Å². The van der Waals surface area contributed by atoms with E-state index in [1.54, 1.807) is 22.5 Å². The third-order valence-electron chi connectivity index (χ3n) is 6.47. The molecule has 4 aromatic rings. The number of benzene rings is 1. The highest BCUT2D eigenvalue weighted by Gasteiger charge is 2.18. The molecule has 0 N–H and O–H groups in total. The topological polar surface area (TPSA) is 72.1 Å². The van der Waals surface area contributed by atoms with Gasteiger partial charge in [0.05, 0.1) is 11.7 Å². The maximum Gasteiger partial charge on any atom is 0.264 e. The van der Waals surface area contributed by atoms with Crippen molar-refractivity contribution in [3.63, 3.8) is 0 Å². The second-order valence-corrected chi connectivity index (χ2v) is 8.55. The molecule has 8 nitrogen and oxygen atoms in total. The number of pyridine rings is 1. The average molecular weight is 432 g/mol. The molecule has 1 saturated heterocycles. The maximum atomic E-state index is 12.5. The van der Waals surface area contributed by atoms with Crippen molar-refractivity contribution in [2.24, 2.45) is 14.1 Å². The fourth-order valence-corrected chi connectivity index (χ4v) is 4.48.